The Labute approximate surface area is 225 Å². The van der Waals surface area contributed by atoms with Crippen LogP contribution in [0.5, 0.6) is 0 Å². The van der Waals surface area contributed by atoms with Crippen molar-refractivity contribution in [2.45, 2.75) is 39.3 Å². The Balaban J connectivity index is 1.48. The van der Waals surface area contributed by atoms with Crippen LogP contribution in [0, 0.1) is 5.82 Å². The molecule has 4 aromatic rings. The zero-order valence-corrected chi connectivity index (χ0v) is 21.7. The van der Waals surface area contributed by atoms with Crippen LogP contribution in [0.4, 0.5) is 15.8 Å². The van der Waals surface area contributed by atoms with Gasteiger partial charge in [0.2, 0.25) is 5.91 Å². The molecular weight excluding hydrogens is 499 g/mol. The lowest BCUT2D eigenvalue weighted by Crippen LogP contribution is -2.38. The predicted octanol–water partition coefficient (Wildman–Crippen LogP) is 4.76. The average molecular weight is 529 g/mol. The average Bonchev–Trinajstić information content (AvgIpc) is 3.59. The Hall–Kier alpha value is -4.73. The molecule has 0 fully saturated rings. The van der Waals surface area contributed by atoms with Crippen LogP contribution in [0.15, 0.2) is 66.9 Å². The molecular formula is C29H29FN6O3. The highest BCUT2D eigenvalue weighted by Crippen LogP contribution is 2.32. The summed E-state index contributed by atoms with van der Waals surface area (Å²) in [6, 6.07) is 16.5. The first kappa shape index (κ1) is 25.9. The molecule has 3 amide bonds. The van der Waals surface area contributed by atoms with E-state index < -0.39 is 5.91 Å². The molecule has 10 heteroatoms. The summed E-state index contributed by atoms with van der Waals surface area (Å²) in [5, 5.41) is 10.4. The van der Waals surface area contributed by atoms with E-state index in [1.54, 1.807) is 71.2 Å². The van der Waals surface area contributed by atoms with Gasteiger partial charge in [-0.1, -0.05) is 32.0 Å². The van der Waals surface area contributed by atoms with E-state index >= 15 is 0 Å². The van der Waals surface area contributed by atoms with Gasteiger partial charge >= 0.3 is 0 Å². The third-order valence-electron chi connectivity index (χ3n) is 6.71. The number of amides is 3. The van der Waals surface area contributed by atoms with Crippen molar-refractivity contribution in [3.63, 3.8) is 0 Å². The van der Waals surface area contributed by atoms with Gasteiger partial charge in [-0.3, -0.25) is 19.1 Å². The molecule has 1 atom stereocenters. The minimum atomic E-state index is -0.426. The number of hydrogen-bond donors (Lipinski definition) is 3. The number of hydrogen-bond acceptors (Lipinski definition) is 4. The summed E-state index contributed by atoms with van der Waals surface area (Å²) in [6.45, 7) is 4.79. The number of aromatic amines is 1. The molecule has 2 aromatic heterocycles. The standard InChI is InChI=1S/C29H29FN6O3/c1-3-25(37)32-21-6-4-7-22(14-21)33-28(38)26-23-17-35(29(39)24-8-5-13-31-24)15-18(2)27(23)36(34-26)16-19-9-11-20(30)12-10-19/h4-14,18,31H,3,15-17H2,1-2H3,(H,32,37)(H,33,38). The highest BCUT2D eigenvalue weighted by atomic mass is 19.1. The van der Waals surface area contributed by atoms with Crippen molar-refractivity contribution in [2.24, 2.45) is 0 Å². The highest BCUT2D eigenvalue weighted by molar-refractivity contribution is 6.05. The van der Waals surface area contributed by atoms with Crippen molar-refractivity contribution in [1.29, 1.82) is 0 Å². The molecule has 9 nitrogen and oxygen atoms in total. The van der Waals surface area contributed by atoms with E-state index in [0.717, 1.165) is 11.3 Å². The maximum atomic E-state index is 13.6. The molecule has 2 aromatic carbocycles. The number of carbonyl (C=O) groups excluding carboxylic acids is 3. The zero-order valence-electron chi connectivity index (χ0n) is 21.7. The second-order valence-corrected chi connectivity index (χ2v) is 9.60. The second-order valence-electron chi connectivity index (χ2n) is 9.60. The van der Waals surface area contributed by atoms with Gasteiger partial charge in [-0.2, -0.15) is 5.10 Å². The van der Waals surface area contributed by atoms with Crippen LogP contribution >= 0.6 is 0 Å². The first-order chi connectivity index (χ1) is 18.8. The molecule has 200 valence electrons. The van der Waals surface area contributed by atoms with E-state index in [1.807, 2.05) is 6.92 Å². The Morgan fingerprint density at radius 1 is 1.05 bits per heavy atom. The third-order valence-corrected chi connectivity index (χ3v) is 6.71. The van der Waals surface area contributed by atoms with Crippen LogP contribution < -0.4 is 10.6 Å². The maximum Gasteiger partial charge on any atom is 0.276 e. The Bertz CT molecular complexity index is 1510. The van der Waals surface area contributed by atoms with Gasteiger partial charge < -0.3 is 20.5 Å². The lowest BCUT2D eigenvalue weighted by Gasteiger charge is -2.32. The fourth-order valence-corrected chi connectivity index (χ4v) is 4.86. The van der Waals surface area contributed by atoms with Gasteiger partial charge in [0.1, 0.15) is 11.5 Å². The summed E-state index contributed by atoms with van der Waals surface area (Å²) in [5.74, 6) is -1.15. The Kier molecular flexibility index (Phi) is 7.27. The van der Waals surface area contributed by atoms with Gasteiger partial charge in [0.25, 0.3) is 11.8 Å². The van der Waals surface area contributed by atoms with Crippen LogP contribution in [0.1, 0.15) is 64.0 Å². The molecule has 0 bridgehead atoms. The fourth-order valence-electron chi connectivity index (χ4n) is 4.86. The van der Waals surface area contributed by atoms with Crippen molar-refractivity contribution in [3.05, 3.63) is 101 Å². The van der Waals surface area contributed by atoms with Gasteiger partial charge in [0.05, 0.1) is 13.1 Å². The number of nitrogens with one attached hydrogen (secondary N) is 3. The smallest absolute Gasteiger partial charge is 0.276 e. The van der Waals surface area contributed by atoms with Crippen molar-refractivity contribution >= 4 is 29.1 Å². The second kappa shape index (κ2) is 10.9. The molecule has 0 radical (unpaired) electrons. The molecule has 5 rings (SSSR count). The molecule has 39 heavy (non-hydrogen) atoms. The number of aromatic nitrogens is 3. The number of anilines is 2. The van der Waals surface area contributed by atoms with E-state index in [1.165, 1.54) is 12.1 Å². The Morgan fingerprint density at radius 3 is 2.49 bits per heavy atom. The van der Waals surface area contributed by atoms with Crippen molar-refractivity contribution < 1.29 is 18.8 Å². The van der Waals surface area contributed by atoms with E-state index in [-0.39, 0.29) is 35.8 Å². The van der Waals surface area contributed by atoms with Gasteiger partial charge in [-0.15, -0.1) is 0 Å². The molecule has 1 aliphatic heterocycles. The largest absolute Gasteiger partial charge is 0.357 e. The highest BCUT2D eigenvalue weighted by Gasteiger charge is 2.34. The molecule has 1 aliphatic rings. The molecule has 0 saturated heterocycles. The lowest BCUT2D eigenvalue weighted by atomic mass is 9.95. The number of halogens is 1. The minimum absolute atomic E-state index is 0.102. The van der Waals surface area contributed by atoms with Crippen LogP contribution in [0.25, 0.3) is 0 Å². The normalized spacial score (nSPS) is 14.5. The molecule has 0 aliphatic carbocycles. The Morgan fingerprint density at radius 2 is 1.79 bits per heavy atom. The van der Waals surface area contributed by atoms with Gasteiger partial charge in [0, 0.05) is 47.7 Å². The number of H-pyrrole nitrogens is 1. The van der Waals surface area contributed by atoms with E-state index in [4.69, 9.17) is 5.10 Å². The number of carbonyl (C=O) groups is 3. The minimum Gasteiger partial charge on any atom is -0.357 e. The van der Waals surface area contributed by atoms with E-state index in [9.17, 15) is 18.8 Å². The first-order valence-electron chi connectivity index (χ1n) is 12.8. The van der Waals surface area contributed by atoms with Crippen LogP contribution in [-0.2, 0) is 17.9 Å². The van der Waals surface area contributed by atoms with E-state index in [0.29, 0.717) is 42.1 Å². The summed E-state index contributed by atoms with van der Waals surface area (Å²) in [5.41, 5.74) is 4.13. The number of fused-ring (bicyclic) bond motifs is 1. The van der Waals surface area contributed by atoms with Crippen LogP contribution in [0.2, 0.25) is 0 Å². The van der Waals surface area contributed by atoms with Crippen molar-refractivity contribution in [2.75, 3.05) is 17.2 Å². The monoisotopic (exact) mass is 528 g/mol. The van der Waals surface area contributed by atoms with Gasteiger partial charge in [-0.05, 0) is 48.0 Å². The first-order valence-corrected chi connectivity index (χ1v) is 12.8. The molecule has 0 spiro atoms. The maximum absolute atomic E-state index is 13.6. The van der Waals surface area contributed by atoms with E-state index in [2.05, 4.69) is 15.6 Å². The summed E-state index contributed by atoms with van der Waals surface area (Å²) in [7, 11) is 0. The summed E-state index contributed by atoms with van der Waals surface area (Å²) in [6.07, 6.45) is 2.03. The third kappa shape index (κ3) is 5.59. The van der Waals surface area contributed by atoms with Crippen LogP contribution in [0.3, 0.4) is 0 Å². The number of benzene rings is 2. The summed E-state index contributed by atoms with van der Waals surface area (Å²) in [4.78, 5) is 43.2. The van der Waals surface area contributed by atoms with Gasteiger partial charge in [0.15, 0.2) is 5.69 Å². The van der Waals surface area contributed by atoms with Crippen molar-refractivity contribution in [3.8, 4) is 0 Å². The zero-order chi connectivity index (χ0) is 27.5. The van der Waals surface area contributed by atoms with Gasteiger partial charge in [-0.25, -0.2) is 4.39 Å². The summed E-state index contributed by atoms with van der Waals surface area (Å²) >= 11 is 0. The quantitative estimate of drug-likeness (QED) is 0.321. The number of rotatable bonds is 7. The predicted molar refractivity (Wildman–Crippen MR) is 145 cm³/mol. The number of nitrogens with zero attached hydrogens (tertiary/aromatic N) is 3. The van der Waals surface area contributed by atoms with Crippen molar-refractivity contribution in [1.82, 2.24) is 19.7 Å². The fraction of sp³-hybridized carbons (Fsp3) is 0.241. The molecule has 3 heterocycles. The topological polar surface area (TPSA) is 112 Å². The molecule has 3 N–H and O–H groups in total. The molecule has 1 unspecified atom stereocenters. The molecule has 0 saturated carbocycles. The van der Waals surface area contributed by atoms with Crippen LogP contribution in [-0.4, -0.2) is 43.9 Å². The summed E-state index contributed by atoms with van der Waals surface area (Å²) < 4.78 is 15.3. The SMILES string of the molecule is CCC(=O)Nc1cccc(NC(=O)c2nn(Cc3ccc(F)cc3)c3c2CN(C(=O)c2ccc[nH]2)CC3C)c1. The lowest BCUT2D eigenvalue weighted by molar-refractivity contribution is -0.115.